The number of amides is 1. The van der Waals surface area contributed by atoms with Gasteiger partial charge in [0.2, 0.25) is 0 Å². The first-order valence-corrected chi connectivity index (χ1v) is 6.91. The van der Waals surface area contributed by atoms with Gasteiger partial charge in [-0.3, -0.25) is 14.9 Å². The molecule has 0 radical (unpaired) electrons. The predicted octanol–water partition coefficient (Wildman–Crippen LogP) is 1.68. The summed E-state index contributed by atoms with van der Waals surface area (Å²) < 4.78 is 0. The SMILES string of the molecule is O=C(c1cc(Cl)ccc1[N+](=O)[O-])N1CC[C@H]2CNC[C@H]21. The first-order valence-electron chi connectivity index (χ1n) is 6.53. The summed E-state index contributed by atoms with van der Waals surface area (Å²) in [6, 6.07) is 4.25. The smallest absolute Gasteiger partial charge is 0.282 e. The van der Waals surface area contributed by atoms with Gasteiger partial charge in [-0.05, 0) is 24.5 Å². The Hall–Kier alpha value is -1.66. The molecule has 20 heavy (non-hydrogen) atoms. The summed E-state index contributed by atoms with van der Waals surface area (Å²) in [6.07, 6.45) is 0.942. The maximum atomic E-state index is 12.6. The molecule has 0 saturated carbocycles. The summed E-state index contributed by atoms with van der Waals surface area (Å²) >= 11 is 5.88. The van der Waals surface area contributed by atoms with Crippen molar-refractivity contribution in [2.75, 3.05) is 19.6 Å². The number of hydrogen-bond acceptors (Lipinski definition) is 4. The van der Waals surface area contributed by atoms with Crippen molar-refractivity contribution in [1.82, 2.24) is 10.2 Å². The van der Waals surface area contributed by atoms with E-state index in [1.54, 1.807) is 4.90 Å². The quantitative estimate of drug-likeness (QED) is 0.665. The molecular formula is C13H14ClN3O3. The lowest BCUT2D eigenvalue weighted by molar-refractivity contribution is -0.385. The number of carbonyl (C=O) groups is 1. The molecule has 2 saturated heterocycles. The molecule has 6 nitrogen and oxygen atoms in total. The van der Waals surface area contributed by atoms with Gasteiger partial charge in [0.05, 0.1) is 4.92 Å². The minimum atomic E-state index is -0.538. The number of nitro benzene ring substituents is 1. The van der Waals surface area contributed by atoms with E-state index in [9.17, 15) is 14.9 Å². The molecule has 2 fully saturated rings. The molecule has 106 valence electrons. The van der Waals surface area contributed by atoms with Crippen LogP contribution in [-0.2, 0) is 0 Å². The third-order valence-corrected chi connectivity index (χ3v) is 4.33. The molecule has 1 N–H and O–H groups in total. The molecule has 2 aliphatic heterocycles. The van der Waals surface area contributed by atoms with Crippen LogP contribution in [0.1, 0.15) is 16.8 Å². The second-order valence-corrected chi connectivity index (χ2v) is 5.63. The van der Waals surface area contributed by atoms with E-state index in [2.05, 4.69) is 5.32 Å². The number of benzene rings is 1. The largest absolute Gasteiger partial charge is 0.334 e. The van der Waals surface area contributed by atoms with E-state index in [1.807, 2.05) is 0 Å². The zero-order chi connectivity index (χ0) is 14.3. The van der Waals surface area contributed by atoms with Gasteiger partial charge in [-0.1, -0.05) is 11.6 Å². The van der Waals surface area contributed by atoms with Crippen molar-refractivity contribution in [3.63, 3.8) is 0 Å². The van der Waals surface area contributed by atoms with Crippen molar-refractivity contribution in [2.45, 2.75) is 12.5 Å². The number of nitro groups is 1. The Balaban J connectivity index is 1.94. The molecule has 2 heterocycles. The van der Waals surface area contributed by atoms with E-state index in [-0.39, 0.29) is 23.2 Å². The standard InChI is InChI=1S/C13H14ClN3O3/c14-9-1-2-11(17(19)20)10(5-9)13(18)16-4-3-8-6-15-7-12(8)16/h1-2,5,8,12,15H,3-4,6-7H2/t8-,12+/m0/s1. The van der Waals surface area contributed by atoms with Gasteiger partial charge in [-0.15, -0.1) is 0 Å². The van der Waals surface area contributed by atoms with E-state index in [0.717, 1.165) is 19.5 Å². The lowest BCUT2D eigenvalue weighted by Gasteiger charge is -2.23. The van der Waals surface area contributed by atoms with Crippen molar-refractivity contribution in [3.05, 3.63) is 38.9 Å². The van der Waals surface area contributed by atoms with E-state index in [0.29, 0.717) is 17.5 Å². The van der Waals surface area contributed by atoms with Gasteiger partial charge < -0.3 is 10.2 Å². The van der Waals surface area contributed by atoms with Crippen LogP contribution in [0, 0.1) is 16.0 Å². The van der Waals surface area contributed by atoms with Crippen LogP contribution >= 0.6 is 11.6 Å². The van der Waals surface area contributed by atoms with E-state index < -0.39 is 4.92 Å². The van der Waals surface area contributed by atoms with Gasteiger partial charge in [0, 0.05) is 36.8 Å². The molecule has 0 spiro atoms. The Morgan fingerprint density at radius 1 is 1.45 bits per heavy atom. The highest BCUT2D eigenvalue weighted by molar-refractivity contribution is 6.31. The molecule has 1 aromatic carbocycles. The fourth-order valence-corrected chi connectivity index (χ4v) is 3.27. The monoisotopic (exact) mass is 295 g/mol. The lowest BCUT2D eigenvalue weighted by atomic mass is 10.0. The van der Waals surface area contributed by atoms with Crippen LogP contribution < -0.4 is 5.32 Å². The Kier molecular flexibility index (Phi) is 3.35. The molecule has 2 atom stereocenters. The Labute approximate surface area is 120 Å². The first-order chi connectivity index (χ1) is 9.58. The van der Waals surface area contributed by atoms with Crippen LogP contribution in [0.25, 0.3) is 0 Å². The maximum Gasteiger partial charge on any atom is 0.282 e. The molecule has 3 rings (SSSR count). The number of fused-ring (bicyclic) bond motifs is 1. The number of likely N-dealkylation sites (tertiary alicyclic amines) is 1. The maximum absolute atomic E-state index is 12.6. The Morgan fingerprint density at radius 3 is 3.00 bits per heavy atom. The van der Waals surface area contributed by atoms with Gasteiger partial charge >= 0.3 is 0 Å². The average molecular weight is 296 g/mol. The first kappa shape index (κ1) is 13.3. The number of nitrogens with one attached hydrogen (secondary N) is 1. The van der Waals surface area contributed by atoms with Crippen LogP contribution in [0.4, 0.5) is 5.69 Å². The summed E-state index contributed by atoms with van der Waals surface area (Å²) in [7, 11) is 0. The predicted molar refractivity (Wildman–Crippen MR) is 73.9 cm³/mol. The second kappa shape index (κ2) is 5.03. The van der Waals surface area contributed by atoms with Gasteiger partial charge in [0.1, 0.15) is 5.56 Å². The Bertz CT molecular complexity index is 578. The normalized spacial score (nSPS) is 24.8. The van der Waals surface area contributed by atoms with Crippen molar-refractivity contribution < 1.29 is 9.72 Å². The van der Waals surface area contributed by atoms with Crippen LogP contribution in [0.3, 0.4) is 0 Å². The molecule has 7 heteroatoms. The minimum Gasteiger partial charge on any atom is -0.334 e. The molecule has 1 amide bonds. The summed E-state index contributed by atoms with van der Waals surface area (Å²) in [5.74, 6) is 0.160. The van der Waals surface area contributed by atoms with Crippen molar-refractivity contribution in [3.8, 4) is 0 Å². The molecule has 0 aromatic heterocycles. The molecular weight excluding hydrogens is 282 g/mol. The van der Waals surface area contributed by atoms with E-state index in [4.69, 9.17) is 11.6 Å². The van der Waals surface area contributed by atoms with Crippen LogP contribution in [0.15, 0.2) is 18.2 Å². The molecule has 0 unspecified atom stereocenters. The average Bonchev–Trinajstić information content (AvgIpc) is 2.99. The summed E-state index contributed by atoms with van der Waals surface area (Å²) in [5, 5.41) is 14.6. The summed E-state index contributed by atoms with van der Waals surface area (Å²) in [5.41, 5.74) is -0.108. The molecule has 0 aliphatic carbocycles. The number of carbonyl (C=O) groups excluding carboxylic acids is 1. The number of nitrogens with zero attached hydrogens (tertiary/aromatic N) is 2. The van der Waals surface area contributed by atoms with Crippen molar-refractivity contribution in [1.29, 1.82) is 0 Å². The minimum absolute atomic E-state index is 0.0788. The highest BCUT2D eigenvalue weighted by atomic mass is 35.5. The number of halogens is 1. The van der Waals surface area contributed by atoms with E-state index >= 15 is 0 Å². The van der Waals surface area contributed by atoms with Crippen molar-refractivity contribution >= 4 is 23.2 Å². The van der Waals surface area contributed by atoms with Crippen LogP contribution in [0.5, 0.6) is 0 Å². The zero-order valence-corrected chi connectivity index (χ0v) is 11.5. The second-order valence-electron chi connectivity index (χ2n) is 5.19. The summed E-state index contributed by atoms with van der Waals surface area (Å²) in [6.45, 7) is 2.32. The fourth-order valence-electron chi connectivity index (χ4n) is 3.09. The van der Waals surface area contributed by atoms with Crippen LogP contribution in [-0.4, -0.2) is 41.4 Å². The number of hydrogen-bond donors (Lipinski definition) is 1. The Morgan fingerprint density at radius 2 is 2.25 bits per heavy atom. The fraction of sp³-hybridized carbons (Fsp3) is 0.462. The van der Waals surface area contributed by atoms with Crippen molar-refractivity contribution in [2.24, 2.45) is 5.92 Å². The third-order valence-electron chi connectivity index (χ3n) is 4.09. The van der Waals surface area contributed by atoms with Gasteiger partial charge in [0.15, 0.2) is 0 Å². The highest BCUT2D eigenvalue weighted by Crippen LogP contribution is 2.31. The zero-order valence-electron chi connectivity index (χ0n) is 10.7. The topological polar surface area (TPSA) is 75.5 Å². The van der Waals surface area contributed by atoms with Crippen LogP contribution in [0.2, 0.25) is 5.02 Å². The van der Waals surface area contributed by atoms with Gasteiger partial charge in [-0.25, -0.2) is 0 Å². The third kappa shape index (κ3) is 2.14. The highest BCUT2D eigenvalue weighted by Gasteiger charge is 2.41. The number of rotatable bonds is 2. The summed E-state index contributed by atoms with van der Waals surface area (Å²) in [4.78, 5) is 24.9. The lowest BCUT2D eigenvalue weighted by Crippen LogP contribution is -2.39. The molecule has 0 bridgehead atoms. The van der Waals surface area contributed by atoms with Gasteiger partial charge in [0.25, 0.3) is 11.6 Å². The molecule has 1 aromatic rings. The van der Waals surface area contributed by atoms with E-state index in [1.165, 1.54) is 18.2 Å². The van der Waals surface area contributed by atoms with Gasteiger partial charge in [-0.2, -0.15) is 0 Å². The molecule has 2 aliphatic rings.